The molecule has 1 amide bonds. The summed E-state index contributed by atoms with van der Waals surface area (Å²) in [6.07, 6.45) is 4.20. The van der Waals surface area contributed by atoms with Crippen LogP contribution < -0.4 is 5.32 Å². The molecule has 0 aliphatic rings. The first-order valence-corrected chi connectivity index (χ1v) is 9.16. The van der Waals surface area contributed by atoms with Crippen molar-refractivity contribution in [3.05, 3.63) is 65.5 Å². The number of pyridine rings is 1. The summed E-state index contributed by atoms with van der Waals surface area (Å²) in [5.74, 6) is -0.294. The number of hydrogen-bond donors (Lipinski definition) is 3. The van der Waals surface area contributed by atoms with Gasteiger partial charge in [-0.25, -0.2) is 0 Å². The maximum Gasteiger partial charge on any atom is 0.217 e. The summed E-state index contributed by atoms with van der Waals surface area (Å²) in [4.78, 5) is 15.7. The number of carbonyl (C=O) groups excluding carboxylic acids is 1. The average molecular weight is 374 g/mol. The standard InChI is InChI=1S/C21H28N2O3.H2O/c1-16(25)22-20(15-24)21(26)19-14-8-13-18(23-19)12-7-3-6-11-17-9-4-2-5-10-17;/h2,4-5,8-10,13-14,20-21,24,26H,3,6-7,11-12,15H2,1H3,(H,22,25);1H2. The van der Waals surface area contributed by atoms with E-state index in [1.165, 1.54) is 12.5 Å². The van der Waals surface area contributed by atoms with Crippen molar-refractivity contribution in [2.24, 2.45) is 0 Å². The van der Waals surface area contributed by atoms with E-state index in [1.807, 2.05) is 18.2 Å². The Morgan fingerprint density at radius 3 is 2.41 bits per heavy atom. The Labute approximate surface area is 160 Å². The van der Waals surface area contributed by atoms with Gasteiger partial charge >= 0.3 is 0 Å². The lowest BCUT2D eigenvalue weighted by Gasteiger charge is -2.21. The number of aryl methyl sites for hydroxylation is 2. The highest BCUT2D eigenvalue weighted by atomic mass is 16.3. The molecular formula is C21H30N2O4. The topological polar surface area (TPSA) is 114 Å². The molecule has 0 saturated heterocycles. The Morgan fingerprint density at radius 2 is 1.74 bits per heavy atom. The maximum absolute atomic E-state index is 11.2. The van der Waals surface area contributed by atoms with Gasteiger partial charge in [0.1, 0.15) is 6.10 Å². The second-order valence-corrected chi connectivity index (χ2v) is 6.53. The molecule has 1 heterocycles. The van der Waals surface area contributed by atoms with Crippen LogP contribution >= 0.6 is 0 Å². The quantitative estimate of drug-likeness (QED) is 0.550. The number of nitrogens with one attached hydrogen (secondary N) is 1. The van der Waals surface area contributed by atoms with E-state index in [-0.39, 0.29) is 18.0 Å². The zero-order chi connectivity index (χ0) is 18.8. The highest BCUT2D eigenvalue weighted by Crippen LogP contribution is 2.16. The van der Waals surface area contributed by atoms with Crippen LogP contribution in [0.5, 0.6) is 0 Å². The molecular weight excluding hydrogens is 344 g/mol. The smallest absolute Gasteiger partial charge is 0.217 e. The van der Waals surface area contributed by atoms with E-state index >= 15 is 0 Å². The van der Waals surface area contributed by atoms with Crippen molar-refractivity contribution in [3.63, 3.8) is 0 Å². The minimum Gasteiger partial charge on any atom is -0.412 e. The van der Waals surface area contributed by atoms with Gasteiger partial charge in [0.15, 0.2) is 0 Å². The summed E-state index contributed by atoms with van der Waals surface area (Å²) < 4.78 is 0. The summed E-state index contributed by atoms with van der Waals surface area (Å²) in [6.45, 7) is 1.01. The summed E-state index contributed by atoms with van der Waals surface area (Å²) in [7, 11) is 0. The number of unbranched alkanes of at least 4 members (excludes halogenated alkanes) is 2. The molecule has 0 saturated carbocycles. The molecule has 0 fully saturated rings. The molecule has 0 spiro atoms. The van der Waals surface area contributed by atoms with E-state index in [0.29, 0.717) is 5.69 Å². The number of aromatic nitrogens is 1. The molecule has 0 aliphatic carbocycles. The van der Waals surface area contributed by atoms with E-state index in [2.05, 4.69) is 34.6 Å². The van der Waals surface area contributed by atoms with Crippen molar-refractivity contribution >= 4 is 5.91 Å². The predicted molar refractivity (Wildman–Crippen MR) is 105 cm³/mol. The molecule has 2 unspecified atom stereocenters. The summed E-state index contributed by atoms with van der Waals surface area (Å²) in [5, 5.41) is 22.3. The van der Waals surface area contributed by atoms with Gasteiger partial charge in [-0.15, -0.1) is 0 Å². The molecule has 148 valence electrons. The normalized spacial score (nSPS) is 12.7. The molecule has 6 nitrogen and oxygen atoms in total. The Kier molecular flexibility index (Phi) is 10.3. The Balaban J connectivity index is 0.00000364. The number of aliphatic hydroxyl groups excluding tert-OH is 2. The van der Waals surface area contributed by atoms with Crippen LogP contribution in [-0.2, 0) is 17.6 Å². The maximum atomic E-state index is 11.2. The summed E-state index contributed by atoms with van der Waals surface area (Å²) >= 11 is 0. The van der Waals surface area contributed by atoms with Crippen molar-refractivity contribution < 1.29 is 20.5 Å². The van der Waals surface area contributed by atoms with Crippen molar-refractivity contribution in [2.75, 3.05) is 6.61 Å². The molecule has 27 heavy (non-hydrogen) atoms. The van der Waals surface area contributed by atoms with Crippen LogP contribution in [0, 0.1) is 0 Å². The highest BCUT2D eigenvalue weighted by Gasteiger charge is 2.22. The Bertz CT molecular complexity index is 679. The number of benzene rings is 1. The average Bonchev–Trinajstić information content (AvgIpc) is 2.66. The van der Waals surface area contributed by atoms with E-state index in [9.17, 15) is 15.0 Å². The SMILES string of the molecule is CC(=O)NC(CO)C(O)c1cccc(CCCCCc2ccccc2)n1.O. The third-order valence-corrected chi connectivity index (χ3v) is 4.34. The van der Waals surface area contributed by atoms with Gasteiger partial charge in [-0.3, -0.25) is 9.78 Å². The lowest BCUT2D eigenvalue weighted by molar-refractivity contribution is -0.121. The fourth-order valence-electron chi connectivity index (χ4n) is 2.95. The molecule has 6 heteroatoms. The first-order valence-electron chi connectivity index (χ1n) is 9.16. The summed E-state index contributed by atoms with van der Waals surface area (Å²) in [5.41, 5.74) is 2.75. The lowest BCUT2D eigenvalue weighted by Crippen LogP contribution is -2.41. The van der Waals surface area contributed by atoms with Crippen LogP contribution in [0.3, 0.4) is 0 Å². The van der Waals surface area contributed by atoms with Gasteiger partial charge in [-0.2, -0.15) is 0 Å². The predicted octanol–water partition coefficient (Wildman–Crippen LogP) is 1.74. The largest absolute Gasteiger partial charge is 0.412 e. The molecule has 1 aromatic carbocycles. The number of hydrogen-bond acceptors (Lipinski definition) is 4. The van der Waals surface area contributed by atoms with Gasteiger partial charge in [0, 0.05) is 12.6 Å². The fourth-order valence-corrected chi connectivity index (χ4v) is 2.95. The van der Waals surface area contributed by atoms with Crippen LogP contribution in [0.15, 0.2) is 48.5 Å². The van der Waals surface area contributed by atoms with Gasteiger partial charge in [0.25, 0.3) is 0 Å². The van der Waals surface area contributed by atoms with Gasteiger partial charge < -0.3 is 21.0 Å². The van der Waals surface area contributed by atoms with E-state index in [0.717, 1.165) is 37.8 Å². The molecule has 0 bridgehead atoms. The molecule has 2 atom stereocenters. The molecule has 5 N–H and O–H groups in total. The van der Waals surface area contributed by atoms with Gasteiger partial charge in [-0.1, -0.05) is 42.8 Å². The third-order valence-electron chi connectivity index (χ3n) is 4.34. The minimum atomic E-state index is -1.03. The van der Waals surface area contributed by atoms with Gasteiger partial charge in [0.05, 0.1) is 18.3 Å². The molecule has 1 aromatic heterocycles. The third kappa shape index (κ3) is 7.86. The molecule has 2 aromatic rings. The van der Waals surface area contributed by atoms with Crippen LogP contribution in [0.2, 0.25) is 0 Å². The second kappa shape index (κ2) is 12.2. The van der Waals surface area contributed by atoms with Crippen LogP contribution in [0.1, 0.15) is 49.2 Å². The van der Waals surface area contributed by atoms with E-state index < -0.39 is 12.1 Å². The monoisotopic (exact) mass is 374 g/mol. The van der Waals surface area contributed by atoms with Crippen LogP contribution in [-0.4, -0.2) is 39.2 Å². The Morgan fingerprint density at radius 1 is 1.04 bits per heavy atom. The number of rotatable bonds is 10. The number of nitrogens with zero attached hydrogens (tertiary/aromatic N) is 1. The zero-order valence-corrected chi connectivity index (χ0v) is 15.8. The fraction of sp³-hybridized carbons (Fsp3) is 0.429. The molecule has 0 aliphatic heterocycles. The minimum absolute atomic E-state index is 0. The van der Waals surface area contributed by atoms with Gasteiger partial charge in [0.2, 0.25) is 5.91 Å². The number of aliphatic hydroxyl groups is 2. The zero-order valence-electron chi connectivity index (χ0n) is 15.8. The van der Waals surface area contributed by atoms with E-state index in [4.69, 9.17) is 0 Å². The van der Waals surface area contributed by atoms with E-state index in [1.54, 1.807) is 6.07 Å². The number of amides is 1. The van der Waals surface area contributed by atoms with Crippen molar-refractivity contribution in [1.29, 1.82) is 0 Å². The molecule has 0 radical (unpaired) electrons. The van der Waals surface area contributed by atoms with Crippen molar-refractivity contribution in [2.45, 2.75) is 51.2 Å². The van der Waals surface area contributed by atoms with Crippen molar-refractivity contribution in [1.82, 2.24) is 10.3 Å². The second-order valence-electron chi connectivity index (χ2n) is 6.53. The highest BCUT2D eigenvalue weighted by molar-refractivity contribution is 5.73. The first kappa shape index (κ1) is 22.8. The van der Waals surface area contributed by atoms with Gasteiger partial charge in [-0.05, 0) is 43.4 Å². The molecule has 2 rings (SSSR count). The Hall–Kier alpha value is -2.28. The van der Waals surface area contributed by atoms with Crippen LogP contribution in [0.25, 0.3) is 0 Å². The summed E-state index contributed by atoms with van der Waals surface area (Å²) in [6, 6.07) is 15.2. The lowest BCUT2D eigenvalue weighted by atomic mass is 10.0. The van der Waals surface area contributed by atoms with Crippen molar-refractivity contribution in [3.8, 4) is 0 Å². The number of carbonyl (C=O) groups is 1. The van der Waals surface area contributed by atoms with Crippen LogP contribution in [0.4, 0.5) is 0 Å². The first-order chi connectivity index (χ1) is 12.6.